The zero-order valence-electron chi connectivity index (χ0n) is 11.1. The first kappa shape index (κ1) is 14.2. The molecule has 2 N–H and O–H groups in total. The van der Waals surface area contributed by atoms with Crippen LogP contribution in [-0.4, -0.2) is 18.4 Å². The van der Waals surface area contributed by atoms with Crippen LogP contribution in [0.4, 0.5) is 0 Å². The lowest BCUT2D eigenvalue weighted by atomic mass is 10.1. The Morgan fingerprint density at radius 2 is 1.94 bits per heavy atom. The minimum Gasteiger partial charge on any atom is -0.350 e. The highest BCUT2D eigenvalue weighted by atomic mass is 16.2. The number of benzene rings is 1. The number of nitrogens with one attached hydrogen (secondary N) is 2. The van der Waals surface area contributed by atoms with Crippen molar-refractivity contribution in [3.8, 4) is 0 Å². The lowest BCUT2D eigenvalue weighted by Crippen LogP contribution is -2.38. The quantitative estimate of drug-likeness (QED) is 0.827. The summed E-state index contributed by atoms with van der Waals surface area (Å²) in [6.45, 7) is 6.11. The van der Waals surface area contributed by atoms with Crippen LogP contribution in [-0.2, 0) is 16.1 Å². The number of amides is 2. The third-order valence-corrected chi connectivity index (χ3v) is 2.52. The molecule has 1 aromatic rings. The molecular formula is C14H20N2O2. The van der Waals surface area contributed by atoms with Crippen LogP contribution >= 0.6 is 0 Å². The van der Waals surface area contributed by atoms with Gasteiger partial charge in [0.15, 0.2) is 0 Å². The fourth-order valence-corrected chi connectivity index (χ4v) is 1.46. The Bertz CT molecular complexity index is 428. The third-order valence-electron chi connectivity index (χ3n) is 2.52. The molecule has 0 aliphatic heterocycles. The van der Waals surface area contributed by atoms with Crippen molar-refractivity contribution in [3.05, 3.63) is 35.4 Å². The molecule has 0 saturated carbocycles. The number of aryl methyl sites for hydroxylation is 1. The topological polar surface area (TPSA) is 58.2 Å². The van der Waals surface area contributed by atoms with E-state index in [-0.39, 0.29) is 24.3 Å². The smallest absolute Gasteiger partial charge is 0.239 e. The van der Waals surface area contributed by atoms with E-state index in [2.05, 4.69) is 10.6 Å². The molecule has 0 spiro atoms. The summed E-state index contributed by atoms with van der Waals surface area (Å²) in [5.41, 5.74) is 2.22. The van der Waals surface area contributed by atoms with E-state index in [9.17, 15) is 9.59 Å². The number of carbonyl (C=O) groups is 2. The van der Waals surface area contributed by atoms with E-state index in [0.29, 0.717) is 6.54 Å². The molecule has 18 heavy (non-hydrogen) atoms. The molecular weight excluding hydrogens is 228 g/mol. The highest BCUT2D eigenvalue weighted by Crippen LogP contribution is 2.02. The maximum atomic E-state index is 11.5. The minimum atomic E-state index is -0.175. The molecule has 0 saturated heterocycles. The van der Waals surface area contributed by atoms with Crippen molar-refractivity contribution >= 4 is 11.8 Å². The van der Waals surface area contributed by atoms with E-state index in [1.54, 1.807) is 13.8 Å². The Balaban J connectivity index is 2.31. The van der Waals surface area contributed by atoms with Crippen molar-refractivity contribution in [1.82, 2.24) is 10.6 Å². The van der Waals surface area contributed by atoms with Crippen LogP contribution in [0, 0.1) is 12.8 Å². The van der Waals surface area contributed by atoms with Gasteiger partial charge in [0.2, 0.25) is 11.8 Å². The van der Waals surface area contributed by atoms with E-state index in [0.717, 1.165) is 11.1 Å². The zero-order chi connectivity index (χ0) is 13.5. The predicted octanol–water partition coefficient (Wildman–Crippen LogP) is 1.38. The van der Waals surface area contributed by atoms with Crippen LogP contribution in [0.3, 0.4) is 0 Å². The maximum absolute atomic E-state index is 11.5. The third kappa shape index (κ3) is 4.99. The van der Waals surface area contributed by atoms with Crippen LogP contribution in [0.2, 0.25) is 0 Å². The summed E-state index contributed by atoms with van der Waals surface area (Å²) < 4.78 is 0. The van der Waals surface area contributed by atoms with Crippen molar-refractivity contribution in [2.45, 2.75) is 27.3 Å². The molecule has 4 heteroatoms. The SMILES string of the molecule is Cc1cccc(CNC(=O)CNC(=O)C(C)C)c1. The molecule has 4 nitrogen and oxygen atoms in total. The standard InChI is InChI=1S/C14H20N2O2/c1-10(2)14(18)16-9-13(17)15-8-12-6-4-5-11(3)7-12/h4-7,10H,8-9H2,1-3H3,(H,15,17)(H,16,18). The highest BCUT2D eigenvalue weighted by Gasteiger charge is 2.08. The second-order valence-electron chi connectivity index (χ2n) is 4.64. The van der Waals surface area contributed by atoms with Crippen LogP contribution in [0.5, 0.6) is 0 Å². The molecule has 0 fully saturated rings. The molecule has 2 amide bonds. The number of carbonyl (C=O) groups excluding carboxylic acids is 2. The number of rotatable bonds is 5. The van der Waals surface area contributed by atoms with Gasteiger partial charge in [0.1, 0.15) is 0 Å². The van der Waals surface area contributed by atoms with Crippen LogP contribution < -0.4 is 10.6 Å². The predicted molar refractivity (Wildman–Crippen MR) is 70.9 cm³/mol. The lowest BCUT2D eigenvalue weighted by Gasteiger charge is -2.08. The maximum Gasteiger partial charge on any atom is 0.239 e. The van der Waals surface area contributed by atoms with E-state index >= 15 is 0 Å². The first-order chi connectivity index (χ1) is 8.49. The molecule has 0 heterocycles. The van der Waals surface area contributed by atoms with Gasteiger partial charge in [-0.2, -0.15) is 0 Å². The average molecular weight is 248 g/mol. The van der Waals surface area contributed by atoms with Crippen LogP contribution in [0.25, 0.3) is 0 Å². The van der Waals surface area contributed by atoms with Gasteiger partial charge in [0.05, 0.1) is 6.54 Å². The summed E-state index contributed by atoms with van der Waals surface area (Å²) in [6.07, 6.45) is 0. The largest absolute Gasteiger partial charge is 0.350 e. The van der Waals surface area contributed by atoms with Crippen molar-refractivity contribution in [2.24, 2.45) is 5.92 Å². The first-order valence-electron chi connectivity index (χ1n) is 6.09. The molecule has 0 atom stereocenters. The minimum absolute atomic E-state index is 0.0306. The summed E-state index contributed by atoms with van der Waals surface area (Å²) in [6, 6.07) is 7.94. The van der Waals surface area contributed by atoms with Crippen molar-refractivity contribution in [2.75, 3.05) is 6.54 Å². The van der Waals surface area contributed by atoms with E-state index in [4.69, 9.17) is 0 Å². The molecule has 1 aromatic carbocycles. The van der Waals surface area contributed by atoms with Crippen molar-refractivity contribution in [1.29, 1.82) is 0 Å². The van der Waals surface area contributed by atoms with Gasteiger partial charge >= 0.3 is 0 Å². The number of hydrogen-bond donors (Lipinski definition) is 2. The second-order valence-corrected chi connectivity index (χ2v) is 4.64. The normalized spacial score (nSPS) is 10.2. The molecule has 0 aliphatic rings. The Hall–Kier alpha value is -1.84. The molecule has 98 valence electrons. The summed E-state index contributed by atoms with van der Waals surface area (Å²) in [4.78, 5) is 22.8. The highest BCUT2D eigenvalue weighted by molar-refractivity contribution is 5.85. The molecule has 0 aliphatic carbocycles. The van der Waals surface area contributed by atoms with Gasteiger partial charge in [0.25, 0.3) is 0 Å². The van der Waals surface area contributed by atoms with Crippen molar-refractivity contribution in [3.63, 3.8) is 0 Å². The molecule has 0 aromatic heterocycles. The Labute approximate surface area is 108 Å². The Kier molecular flexibility index (Phi) is 5.36. The van der Waals surface area contributed by atoms with E-state index in [1.165, 1.54) is 0 Å². The van der Waals surface area contributed by atoms with Crippen molar-refractivity contribution < 1.29 is 9.59 Å². The first-order valence-corrected chi connectivity index (χ1v) is 6.09. The summed E-state index contributed by atoms with van der Waals surface area (Å²) >= 11 is 0. The van der Waals surface area contributed by atoms with E-state index in [1.807, 2.05) is 31.2 Å². The molecule has 1 rings (SSSR count). The van der Waals surface area contributed by atoms with Gasteiger partial charge in [-0.05, 0) is 12.5 Å². The summed E-state index contributed by atoms with van der Waals surface area (Å²) in [5, 5.41) is 5.35. The summed E-state index contributed by atoms with van der Waals surface area (Å²) in [7, 11) is 0. The summed E-state index contributed by atoms with van der Waals surface area (Å²) in [5.74, 6) is -0.388. The van der Waals surface area contributed by atoms with Gasteiger partial charge in [-0.1, -0.05) is 43.7 Å². The average Bonchev–Trinajstić information content (AvgIpc) is 2.33. The number of hydrogen-bond acceptors (Lipinski definition) is 2. The van der Waals surface area contributed by atoms with Gasteiger partial charge < -0.3 is 10.6 Å². The second kappa shape index (κ2) is 6.79. The monoisotopic (exact) mass is 248 g/mol. The van der Waals surface area contributed by atoms with Gasteiger partial charge in [0, 0.05) is 12.5 Å². The Morgan fingerprint density at radius 1 is 1.22 bits per heavy atom. The molecule has 0 bridgehead atoms. The van der Waals surface area contributed by atoms with Crippen LogP contribution in [0.1, 0.15) is 25.0 Å². The van der Waals surface area contributed by atoms with Gasteiger partial charge in [-0.15, -0.1) is 0 Å². The Morgan fingerprint density at radius 3 is 2.56 bits per heavy atom. The molecule has 0 unspecified atom stereocenters. The lowest BCUT2D eigenvalue weighted by molar-refractivity contribution is -0.127. The fourth-order valence-electron chi connectivity index (χ4n) is 1.46. The zero-order valence-corrected chi connectivity index (χ0v) is 11.1. The van der Waals surface area contributed by atoms with Gasteiger partial charge in [-0.3, -0.25) is 9.59 Å². The fraction of sp³-hybridized carbons (Fsp3) is 0.429. The van der Waals surface area contributed by atoms with E-state index < -0.39 is 0 Å². The molecule has 0 radical (unpaired) electrons. The van der Waals surface area contributed by atoms with Gasteiger partial charge in [-0.25, -0.2) is 0 Å². The van der Waals surface area contributed by atoms with Crippen LogP contribution in [0.15, 0.2) is 24.3 Å².